The van der Waals surface area contributed by atoms with Crippen LogP contribution in [0.4, 0.5) is 0 Å². The zero-order valence-corrected chi connectivity index (χ0v) is 11.1. The zero-order chi connectivity index (χ0) is 12.0. The van der Waals surface area contributed by atoms with Gasteiger partial charge < -0.3 is 10.1 Å². The fourth-order valence-corrected chi connectivity index (χ4v) is 1.76. The number of amides is 1. The molecule has 0 fully saturated rings. The summed E-state index contributed by atoms with van der Waals surface area (Å²) in [6.45, 7) is 3.10. The Labute approximate surface area is 104 Å². The van der Waals surface area contributed by atoms with Crippen molar-refractivity contribution >= 4 is 21.8 Å². The highest BCUT2D eigenvalue weighted by Crippen LogP contribution is 2.04. The van der Waals surface area contributed by atoms with E-state index >= 15 is 0 Å². The van der Waals surface area contributed by atoms with E-state index in [1.165, 1.54) is 0 Å². The predicted octanol–water partition coefficient (Wildman–Crippen LogP) is 2.13. The predicted molar refractivity (Wildman–Crippen MR) is 68.1 cm³/mol. The van der Waals surface area contributed by atoms with Gasteiger partial charge in [0.15, 0.2) is 0 Å². The minimum atomic E-state index is -0.0516. The van der Waals surface area contributed by atoms with Crippen molar-refractivity contribution < 1.29 is 9.53 Å². The second-order valence-corrected chi connectivity index (χ2v) is 4.93. The molecule has 0 heterocycles. The molecule has 1 amide bonds. The van der Waals surface area contributed by atoms with Gasteiger partial charge in [-0.05, 0) is 19.1 Å². The SMILES string of the molecule is COCC(Br)CNC(=O)c1cccc(C)c1. The van der Waals surface area contributed by atoms with E-state index in [0.29, 0.717) is 18.7 Å². The van der Waals surface area contributed by atoms with Crippen LogP contribution >= 0.6 is 15.9 Å². The lowest BCUT2D eigenvalue weighted by molar-refractivity contribution is 0.0950. The average molecular weight is 286 g/mol. The highest BCUT2D eigenvalue weighted by molar-refractivity contribution is 9.09. The Kier molecular flexibility index (Phi) is 5.49. The molecule has 0 radical (unpaired) electrons. The number of halogens is 1. The van der Waals surface area contributed by atoms with Crippen molar-refractivity contribution in [2.45, 2.75) is 11.8 Å². The van der Waals surface area contributed by atoms with E-state index in [4.69, 9.17) is 4.74 Å². The molecule has 0 spiro atoms. The molecule has 0 aromatic heterocycles. The number of aryl methyl sites for hydroxylation is 1. The molecule has 0 aliphatic rings. The van der Waals surface area contributed by atoms with Gasteiger partial charge in [-0.3, -0.25) is 4.79 Å². The van der Waals surface area contributed by atoms with E-state index in [-0.39, 0.29) is 10.7 Å². The maximum absolute atomic E-state index is 11.7. The number of alkyl halides is 1. The third kappa shape index (κ3) is 4.33. The van der Waals surface area contributed by atoms with Gasteiger partial charge in [0.1, 0.15) is 0 Å². The first-order valence-electron chi connectivity index (χ1n) is 5.11. The Bertz CT molecular complexity index is 355. The fraction of sp³-hybridized carbons (Fsp3) is 0.417. The van der Waals surface area contributed by atoms with Crippen molar-refractivity contribution in [1.29, 1.82) is 0 Å². The maximum Gasteiger partial charge on any atom is 0.251 e. The first-order valence-corrected chi connectivity index (χ1v) is 6.03. The van der Waals surface area contributed by atoms with Crippen molar-refractivity contribution in [1.82, 2.24) is 5.32 Å². The molecular weight excluding hydrogens is 270 g/mol. The van der Waals surface area contributed by atoms with Gasteiger partial charge in [-0.2, -0.15) is 0 Å². The summed E-state index contributed by atoms with van der Waals surface area (Å²) in [6.07, 6.45) is 0. The Balaban J connectivity index is 2.47. The molecule has 4 heteroatoms. The molecule has 0 bridgehead atoms. The van der Waals surface area contributed by atoms with Gasteiger partial charge in [0.05, 0.1) is 11.4 Å². The third-order valence-electron chi connectivity index (χ3n) is 2.11. The van der Waals surface area contributed by atoms with E-state index in [1.54, 1.807) is 7.11 Å². The number of rotatable bonds is 5. The quantitative estimate of drug-likeness (QED) is 0.842. The summed E-state index contributed by atoms with van der Waals surface area (Å²) in [5, 5.41) is 2.84. The first kappa shape index (κ1) is 13.2. The minimum Gasteiger partial charge on any atom is -0.383 e. The summed E-state index contributed by atoms with van der Waals surface area (Å²) in [5.74, 6) is -0.0516. The van der Waals surface area contributed by atoms with Crippen LogP contribution in [0.2, 0.25) is 0 Å². The molecule has 0 aliphatic carbocycles. The highest BCUT2D eigenvalue weighted by atomic mass is 79.9. The van der Waals surface area contributed by atoms with Crippen molar-refractivity contribution in [3.8, 4) is 0 Å². The molecule has 0 saturated heterocycles. The highest BCUT2D eigenvalue weighted by Gasteiger charge is 2.08. The molecule has 88 valence electrons. The Morgan fingerprint density at radius 3 is 2.94 bits per heavy atom. The van der Waals surface area contributed by atoms with Gasteiger partial charge >= 0.3 is 0 Å². The van der Waals surface area contributed by atoms with Crippen molar-refractivity contribution in [3.63, 3.8) is 0 Å². The van der Waals surface area contributed by atoms with Crippen LogP contribution < -0.4 is 5.32 Å². The minimum absolute atomic E-state index is 0.0516. The molecule has 1 N–H and O–H groups in total. The Morgan fingerprint density at radius 1 is 1.56 bits per heavy atom. The normalized spacial score (nSPS) is 12.2. The molecule has 1 unspecified atom stereocenters. The van der Waals surface area contributed by atoms with E-state index in [0.717, 1.165) is 5.56 Å². The van der Waals surface area contributed by atoms with Crippen molar-refractivity contribution in [3.05, 3.63) is 35.4 Å². The molecule has 0 saturated carbocycles. The van der Waals surface area contributed by atoms with Crippen LogP contribution in [-0.2, 0) is 4.74 Å². The molecule has 1 aromatic carbocycles. The number of carbonyl (C=O) groups excluding carboxylic acids is 1. The van der Waals surface area contributed by atoms with Crippen LogP contribution in [0.5, 0.6) is 0 Å². The number of carbonyl (C=O) groups is 1. The standard InChI is InChI=1S/C12H16BrNO2/c1-9-4-3-5-10(6-9)12(15)14-7-11(13)8-16-2/h3-6,11H,7-8H2,1-2H3,(H,14,15). The Hall–Kier alpha value is -0.870. The first-order chi connectivity index (χ1) is 7.63. The van der Waals surface area contributed by atoms with Crippen LogP contribution in [0.3, 0.4) is 0 Å². The summed E-state index contributed by atoms with van der Waals surface area (Å²) in [4.78, 5) is 11.9. The lowest BCUT2D eigenvalue weighted by Gasteiger charge is -2.10. The van der Waals surface area contributed by atoms with Crippen molar-refractivity contribution in [2.75, 3.05) is 20.3 Å². The van der Waals surface area contributed by atoms with Gasteiger partial charge in [-0.25, -0.2) is 0 Å². The van der Waals surface area contributed by atoms with E-state index < -0.39 is 0 Å². The molecule has 1 rings (SSSR count). The molecule has 0 aliphatic heterocycles. The van der Waals surface area contributed by atoms with Crippen LogP contribution in [0.1, 0.15) is 15.9 Å². The zero-order valence-electron chi connectivity index (χ0n) is 9.50. The molecule has 16 heavy (non-hydrogen) atoms. The molecular formula is C12H16BrNO2. The summed E-state index contributed by atoms with van der Waals surface area (Å²) in [6, 6.07) is 7.52. The van der Waals surface area contributed by atoms with E-state index in [2.05, 4.69) is 21.2 Å². The van der Waals surface area contributed by atoms with E-state index in [9.17, 15) is 4.79 Å². The number of benzene rings is 1. The van der Waals surface area contributed by atoms with Crippen LogP contribution in [0.15, 0.2) is 24.3 Å². The van der Waals surface area contributed by atoms with Crippen LogP contribution in [-0.4, -0.2) is 31.0 Å². The van der Waals surface area contributed by atoms with Gasteiger partial charge in [0, 0.05) is 19.2 Å². The Morgan fingerprint density at radius 2 is 2.31 bits per heavy atom. The summed E-state index contributed by atoms with van der Waals surface area (Å²) < 4.78 is 4.96. The third-order valence-corrected chi connectivity index (χ3v) is 2.70. The topological polar surface area (TPSA) is 38.3 Å². The number of methoxy groups -OCH3 is 1. The van der Waals surface area contributed by atoms with Crippen LogP contribution in [0.25, 0.3) is 0 Å². The summed E-state index contributed by atoms with van der Waals surface area (Å²) in [5.41, 5.74) is 1.78. The lowest BCUT2D eigenvalue weighted by Crippen LogP contribution is -2.31. The monoisotopic (exact) mass is 285 g/mol. The smallest absolute Gasteiger partial charge is 0.251 e. The molecule has 1 aromatic rings. The summed E-state index contributed by atoms with van der Waals surface area (Å²) >= 11 is 3.41. The number of hydrogen-bond acceptors (Lipinski definition) is 2. The van der Waals surface area contributed by atoms with Gasteiger partial charge in [0.2, 0.25) is 0 Å². The molecule has 1 atom stereocenters. The van der Waals surface area contributed by atoms with Gasteiger partial charge in [-0.1, -0.05) is 33.6 Å². The van der Waals surface area contributed by atoms with Crippen molar-refractivity contribution in [2.24, 2.45) is 0 Å². The lowest BCUT2D eigenvalue weighted by atomic mass is 10.1. The molecule has 3 nitrogen and oxygen atoms in total. The number of ether oxygens (including phenoxy) is 1. The van der Waals surface area contributed by atoms with Gasteiger partial charge in [-0.15, -0.1) is 0 Å². The number of hydrogen-bond donors (Lipinski definition) is 1. The second-order valence-electron chi connectivity index (χ2n) is 3.63. The van der Waals surface area contributed by atoms with Gasteiger partial charge in [0.25, 0.3) is 5.91 Å². The largest absolute Gasteiger partial charge is 0.383 e. The summed E-state index contributed by atoms with van der Waals surface area (Å²) in [7, 11) is 1.64. The average Bonchev–Trinajstić information content (AvgIpc) is 2.26. The van der Waals surface area contributed by atoms with Crippen LogP contribution in [0, 0.1) is 6.92 Å². The fourth-order valence-electron chi connectivity index (χ4n) is 1.33. The maximum atomic E-state index is 11.7. The number of nitrogens with one attached hydrogen (secondary N) is 1. The second kappa shape index (κ2) is 6.66. The van der Waals surface area contributed by atoms with E-state index in [1.807, 2.05) is 31.2 Å².